The van der Waals surface area contributed by atoms with Gasteiger partial charge in [0.1, 0.15) is 6.33 Å². The van der Waals surface area contributed by atoms with Gasteiger partial charge in [0.25, 0.3) is 0 Å². The van der Waals surface area contributed by atoms with E-state index in [4.69, 9.17) is 0 Å². The Bertz CT molecular complexity index is 955. The average molecular weight is 352 g/mol. The van der Waals surface area contributed by atoms with Gasteiger partial charge in [-0.05, 0) is 51.0 Å². The van der Waals surface area contributed by atoms with Crippen LogP contribution < -0.4 is 5.32 Å². The number of rotatable bonds is 5. The van der Waals surface area contributed by atoms with Crippen LogP contribution in [0.3, 0.4) is 0 Å². The molecular weight excluding hydrogens is 336 g/mol. The molecule has 1 aromatic carbocycles. The zero-order chi connectivity index (χ0) is 17.2. The third-order valence-electron chi connectivity index (χ3n) is 4.19. The van der Waals surface area contributed by atoms with Crippen LogP contribution in [0.2, 0.25) is 0 Å². The topological polar surface area (TPSA) is 77.6 Å². The highest BCUT2D eigenvalue weighted by atomic mass is 32.1. The number of aryl methyl sites for hydroxylation is 1. The van der Waals surface area contributed by atoms with Crippen LogP contribution in [-0.2, 0) is 11.8 Å². The molecule has 0 aliphatic carbocycles. The van der Waals surface area contributed by atoms with Crippen LogP contribution in [0.4, 0.5) is 5.69 Å². The highest BCUT2D eigenvalue weighted by Crippen LogP contribution is 2.26. The van der Waals surface area contributed by atoms with E-state index in [-0.39, 0.29) is 18.4 Å². The number of anilines is 1. The maximum atomic E-state index is 12.7. The molecular formula is C17H16N6OS. The van der Waals surface area contributed by atoms with Gasteiger partial charge in [-0.2, -0.15) is 11.3 Å². The van der Waals surface area contributed by atoms with Gasteiger partial charge in [-0.25, -0.2) is 4.68 Å². The third kappa shape index (κ3) is 3.03. The molecule has 8 heteroatoms. The summed E-state index contributed by atoms with van der Waals surface area (Å²) >= 11 is 1.58. The molecule has 0 aliphatic heterocycles. The lowest BCUT2D eigenvalue weighted by Crippen LogP contribution is -2.20. The smallest absolute Gasteiger partial charge is 0.226 e. The molecule has 1 amide bonds. The second-order valence-electron chi connectivity index (χ2n) is 5.78. The Labute approximate surface area is 147 Å². The molecule has 126 valence electrons. The number of amides is 1. The molecule has 25 heavy (non-hydrogen) atoms. The number of tetrazole rings is 1. The summed E-state index contributed by atoms with van der Waals surface area (Å²) in [6.07, 6.45) is 3.77. The Morgan fingerprint density at radius 2 is 2.24 bits per heavy atom. The van der Waals surface area contributed by atoms with E-state index in [0.29, 0.717) is 0 Å². The first-order valence-corrected chi connectivity index (χ1v) is 8.75. The number of thiophene rings is 1. The van der Waals surface area contributed by atoms with Gasteiger partial charge >= 0.3 is 0 Å². The normalized spacial score (nSPS) is 12.4. The van der Waals surface area contributed by atoms with Crippen LogP contribution in [-0.4, -0.2) is 30.7 Å². The molecule has 0 saturated heterocycles. The molecule has 4 aromatic rings. The van der Waals surface area contributed by atoms with E-state index in [9.17, 15) is 4.79 Å². The Morgan fingerprint density at radius 3 is 3.00 bits per heavy atom. The van der Waals surface area contributed by atoms with E-state index in [2.05, 4.69) is 20.8 Å². The van der Waals surface area contributed by atoms with E-state index in [1.54, 1.807) is 16.0 Å². The van der Waals surface area contributed by atoms with E-state index in [1.807, 2.05) is 58.9 Å². The molecule has 0 spiro atoms. The number of benzene rings is 1. The standard InChI is InChI=1S/C17H16N6OS/c1-22-7-5-13-14(3-2-4-15(13)22)19-17(24)9-16(12-6-8-25-10-12)23-11-18-20-21-23/h2-8,10-11,16H,9H2,1H3,(H,19,24)/t16-/m0/s1. The summed E-state index contributed by atoms with van der Waals surface area (Å²) in [4.78, 5) is 12.7. The highest BCUT2D eigenvalue weighted by molar-refractivity contribution is 7.08. The van der Waals surface area contributed by atoms with Gasteiger partial charge < -0.3 is 9.88 Å². The van der Waals surface area contributed by atoms with Crippen molar-refractivity contribution in [2.75, 3.05) is 5.32 Å². The summed E-state index contributed by atoms with van der Waals surface area (Å²) in [5.74, 6) is -0.0805. The molecule has 3 aromatic heterocycles. The second kappa shape index (κ2) is 6.48. The lowest BCUT2D eigenvalue weighted by Gasteiger charge is -2.15. The van der Waals surface area contributed by atoms with E-state index in [0.717, 1.165) is 22.2 Å². The van der Waals surface area contributed by atoms with Gasteiger partial charge in [-0.3, -0.25) is 4.79 Å². The van der Waals surface area contributed by atoms with Crippen LogP contribution in [0.15, 0.2) is 53.6 Å². The lowest BCUT2D eigenvalue weighted by atomic mass is 10.1. The molecule has 1 atom stereocenters. The fraction of sp³-hybridized carbons (Fsp3) is 0.176. The first-order chi connectivity index (χ1) is 12.2. The van der Waals surface area contributed by atoms with E-state index < -0.39 is 0 Å². The van der Waals surface area contributed by atoms with Gasteiger partial charge in [0.05, 0.1) is 18.2 Å². The minimum Gasteiger partial charge on any atom is -0.350 e. The fourth-order valence-electron chi connectivity index (χ4n) is 2.93. The lowest BCUT2D eigenvalue weighted by molar-refractivity contribution is -0.116. The van der Waals surface area contributed by atoms with Gasteiger partial charge in [-0.15, -0.1) is 5.10 Å². The monoisotopic (exact) mass is 352 g/mol. The number of fused-ring (bicyclic) bond motifs is 1. The molecule has 0 aliphatic rings. The summed E-state index contributed by atoms with van der Waals surface area (Å²) < 4.78 is 3.64. The molecule has 4 rings (SSSR count). The Balaban J connectivity index is 1.58. The predicted octanol–water partition coefficient (Wildman–Crippen LogP) is 2.84. The van der Waals surface area contributed by atoms with E-state index >= 15 is 0 Å². The summed E-state index contributed by atoms with van der Waals surface area (Å²) in [5, 5.41) is 19.4. The molecule has 0 fully saturated rings. The van der Waals surface area contributed by atoms with Gasteiger partial charge in [-0.1, -0.05) is 6.07 Å². The number of nitrogens with zero attached hydrogens (tertiary/aromatic N) is 5. The van der Waals surface area contributed by atoms with Crippen molar-refractivity contribution in [1.29, 1.82) is 0 Å². The quantitative estimate of drug-likeness (QED) is 0.599. The molecule has 3 heterocycles. The number of carbonyl (C=O) groups excluding carboxylic acids is 1. The van der Waals surface area contributed by atoms with Gasteiger partial charge in [0, 0.05) is 24.1 Å². The Morgan fingerprint density at radius 1 is 1.32 bits per heavy atom. The van der Waals surface area contributed by atoms with Crippen molar-refractivity contribution in [3.05, 3.63) is 59.2 Å². The van der Waals surface area contributed by atoms with E-state index in [1.165, 1.54) is 6.33 Å². The summed E-state index contributed by atoms with van der Waals surface area (Å²) in [6, 6.07) is 9.65. The summed E-state index contributed by atoms with van der Waals surface area (Å²) in [7, 11) is 1.98. The zero-order valence-electron chi connectivity index (χ0n) is 13.5. The Kier molecular flexibility index (Phi) is 4.02. The number of aromatic nitrogens is 5. The van der Waals surface area contributed by atoms with Crippen LogP contribution in [0.5, 0.6) is 0 Å². The van der Waals surface area contributed by atoms with Crippen molar-refractivity contribution in [1.82, 2.24) is 24.8 Å². The van der Waals surface area contributed by atoms with Crippen molar-refractivity contribution in [2.24, 2.45) is 7.05 Å². The van der Waals surface area contributed by atoms with Crippen LogP contribution in [0, 0.1) is 0 Å². The van der Waals surface area contributed by atoms with Crippen molar-refractivity contribution >= 4 is 33.8 Å². The largest absolute Gasteiger partial charge is 0.350 e. The van der Waals surface area contributed by atoms with Gasteiger partial charge in [0.2, 0.25) is 5.91 Å². The third-order valence-corrected chi connectivity index (χ3v) is 4.89. The number of hydrogen-bond acceptors (Lipinski definition) is 5. The molecule has 0 bridgehead atoms. The van der Waals surface area contributed by atoms with Crippen molar-refractivity contribution in [3.63, 3.8) is 0 Å². The minimum atomic E-state index is -0.226. The summed E-state index contributed by atoms with van der Waals surface area (Å²) in [6.45, 7) is 0. The molecule has 0 radical (unpaired) electrons. The van der Waals surface area contributed by atoms with Crippen molar-refractivity contribution in [3.8, 4) is 0 Å². The number of carbonyl (C=O) groups is 1. The SMILES string of the molecule is Cn1ccc2c(NC(=O)C[C@@H](c3ccsc3)n3cnnn3)cccc21. The predicted molar refractivity (Wildman–Crippen MR) is 96.4 cm³/mol. The maximum absolute atomic E-state index is 12.7. The first-order valence-electron chi connectivity index (χ1n) is 7.81. The van der Waals surface area contributed by atoms with Crippen molar-refractivity contribution in [2.45, 2.75) is 12.5 Å². The number of nitrogens with one attached hydrogen (secondary N) is 1. The zero-order valence-corrected chi connectivity index (χ0v) is 14.3. The van der Waals surface area contributed by atoms with Crippen LogP contribution >= 0.6 is 11.3 Å². The molecule has 0 unspecified atom stereocenters. The fourth-order valence-corrected chi connectivity index (χ4v) is 3.64. The van der Waals surface area contributed by atoms with Crippen molar-refractivity contribution < 1.29 is 4.79 Å². The molecule has 1 N–H and O–H groups in total. The minimum absolute atomic E-state index is 0.0805. The average Bonchev–Trinajstić information content (AvgIpc) is 3.36. The van der Waals surface area contributed by atoms with Crippen LogP contribution in [0.1, 0.15) is 18.0 Å². The highest BCUT2D eigenvalue weighted by Gasteiger charge is 2.20. The first kappa shape index (κ1) is 15.5. The maximum Gasteiger partial charge on any atom is 0.226 e. The van der Waals surface area contributed by atoms with Gasteiger partial charge in [0.15, 0.2) is 0 Å². The molecule has 7 nitrogen and oxygen atoms in total. The second-order valence-corrected chi connectivity index (χ2v) is 6.56. The summed E-state index contributed by atoms with van der Waals surface area (Å²) in [5.41, 5.74) is 2.90. The van der Waals surface area contributed by atoms with Crippen LogP contribution in [0.25, 0.3) is 10.9 Å². The number of hydrogen-bond donors (Lipinski definition) is 1. The molecule has 0 saturated carbocycles. The Hall–Kier alpha value is -3.00.